The number of nitrogens with zero attached hydrogens (tertiary/aromatic N) is 2. The Balaban J connectivity index is 1.37. The van der Waals surface area contributed by atoms with Gasteiger partial charge in [0, 0.05) is 31.9 Å². The number of benzene rings is 1. The molecule has 25 heavy (non-hydrogen) atoms. The molecule has 2 nitrogen and oxygen atoms in total. The lowest BCUT2D eigenvalue weighted by molar-refractivity contribution is 0.200. The highest BCUT2D eigenvalue weighted by Crippen LogP contribution is 2.33. The van der Waals surface area contributed by atoms with E-state index in [0.717, 1.165) is 11.8 Å². The summed E-state index contributed by atoms with van der Waals surface area (Å²) in [7, 11) is 0. The summed E-state index contributed by atoms with van der Waals surface area (Å²) in [6.07, 6.45) is 10.3. The molecule has 1 saturated heterocycles. The van der Waals surface area contributed by atoms with Crippen molar-refractivity contribution in [2.75, 3.05) is 37.6 Å². The van der Waals surface area contributed by atoms with E-state index in [2.05, 4.69) is 48.8 Å². The van der Waals surface area contributed by atoms with Crippen LogP contribution in [0.2, 0.25) is 0 Å². The van der Waals surface area contributed by atoms with Gasteiger partial charge >= 0.3 is 0 Å². The van der Waals surface area contributed by atoms with Crippen LogP contribution in [-0.2, 0) is 0 Å². The average molecular weight is 343 g/mol. The molecule has 1 aliphatic heterocycles. The fourth-order valence-corrected chi connectivity index (χ4v) is 4.73. The molecule has 0 spiro atoms. The Morgan fingerprint density at radius 3 is 2.08 bits per heavy atom. The van der Waals surface area contributed by atoms with Gasteiger partial charge in [-0.2, -0.15) is 0 Å². The summed E-state index contributed by atoms with van der Waals surface area (Å²) in [5.41, 5.74) is 4.23. The second-order valence-corrected chi connectivity index (χ2v) is 8.56. The molecule has 1 saturated carbocycles. The third-order valence-corrected chi connectivity index (χ3v) is 6.74. The summed E-state index contributed by atoms with van der Waals surface area (Å²) in [5.74, 6) is 2.05. The Labute approximate surface area is 155 Å². The van der Waals surface area contributed by atoms with Crippen LogP contribution in [0.3, 0.4) is 0 Å². The van der Waals surface area contributed by atoms with Crippen molar-refractivity contribution < 1.29 is 0 Å². The lowest BCUT2D eigenvalue weighted by Gasteiger charge is -2.37. The standard InChI is InChI=1S/C23H38N2/c1-4-5-21-7-9-22(10-8-21)12-13-24-14-16-25(17-15-24)23-11-6-19(2)20(3)18-23/h6,11,18,21-22H,4-5,7-10,12-17H2,1-3H3. The van der Waals surface area contributed by atoms with E-state index in [1.165, 1.54) is 94.5 Å². The molecule has 0 radical (unpaired) electrons. The monoisotopic (exact) mass is 342 g/mol. The van der Waals surface area contributed by atoms with E-state index in [1.807, 2.05) is 0 Å². The van der Waals surface area contributed by atoms with Gasteiger partial charge in [-0.25, -0.2) is 0 Å². The minimum absolute atomic E-state index is 1.01. The Morgan fingerprint density at radius 2 is 1.48 bits per heavy atom. The summed E-state index contributed by atoms with van der Waals surface area (Å²) in [6.45, 7) is 12.9. The van der Waals surface area contributed by atoms with Crippen LogP contribution in [0, 0.1) is 25.7 Å². The summed E-state index contributed by atoms with van der Waals surface area (Å²) < 4.78 is 0. The second kappa shape index (κ2) is 9.07. The van der Waals surface area contributed by atoms with Gasteiger partial charge in [0.1, 0.15) is 0 Å². The van der Waals surface area contributed by atoms with Crippen LogP contribution in [-0.4, -0.2) is 37.6 Å². The van der Waals surface area contributed by atoms with Gasteiger partial charge in [0.2, 0.25) is 0 Å². The number of aryl methyl sites for hydroxylation is 2. The molecule has 0 unspecified atom stereocenters. The summed E-state index contributed by atoms with van der Waals surface area (Å²) in [6, 6.07) is 6.93. The number of hydrogen-bond acceptors (Lipinski definition) is 2. The van der Waals surface area contributed by atoms with Crippen molar-refractivity contribution in [3.63, 3.8) is 0 Å². The zero-order valence-corrected chi connectivity index (χ0v) is 16.8. The maximum atomic E-state index is 2.70. The minimum atomic E-state index is 1.01. The molecule has 2 heteroatoms. The van der Waals surface area contributed by atoms with Gasteiger partial charge < -0.3 is 4.90 Å². The van der Waals surface area contributed by atoms with Crippen LogP contribution in [0.4, 0.5) is 5.69 Å². The maximum Gasteiger partial charge on any atom is 0.0369 e. The van der Waals surface area contributed by atoms with E-state index >= 15 is 0 Å². The summed E-state index contributed by atoms with van der Waals surface area (Å²) >= 11 is 0. The van der Waals surface area contributed by atoms with Crippen LogP contribution in [0.15, 0.2) is 18.2 Å². The third kappa shape index (κ3) is 5.23. The van der Waals surface area contributed by atoms with Gasteiger partial charge in [-0.15, -0.1) is 0 Å². The Kier molecular flexibility index (Phi) is 6.81. The van der Waals surface area contributed by atoms with E-state index in [4.69, 9.17) is 0 Å². The first-order valence-corrected chi connectivity index (χ1v) is 10.7. The smallest absolute Gasteiger partial charge is 0.0369 e. The molecule has 1 aliphatic carbocycles. The van der Waals surface area contributed by atoms with E-state index in [0.29, 0.717) is 0 Å². The molecule has 3 rings (SSSR count). The first-order valence-electron chi connectivity index (χ1n) is 10.7. The molecule has 1 aromatic rings. The molecule has 0 atom stereocenters. The lowest BCUT2D eigenvalue weighted by atomic mass is 9.79. The molecule has 1 aromatic carbocycles. The highest BCUT2D eigenvalue weighted by molar-refractivity contribution is 5.51. The SMILES string of the molecule is CCCC1CCC(CCN2CCN(c3ccc(C)c(C)c3)CC2)CC1. The first-order chi connectivity index (χ1) is 12.2. The second-order valence-electron chi connectivity index (χ2n) is 8.56. The van der Waals surface area contributed by atoms with Crippen molar-refractivity contribution in [3.8, 4) is 0 Å². The summed E-state index contributed by atoms with van der Waals surface area (Å²) in [5, 5.41) is 0. The molecule has 1 heterocycles. The highest BCUT2D eigenvalue weighted by Gasteiger charge is 2.22. The van der Waals surface area contributed by atoms with E-state index in [9.17, 15) is 0 Å². The maximum absolute atomic E-state index is 2.70. The average Bonchev–Trinajstić information content (AvgIpc) is 2.64. The van der Waals surface area contributed by atoms with Gasteiger partial charge in [-0.1, -0.05) is 51.5 Å². The number of piperazine rings is 1. The van der Waals surface area contributed by atoms with Crippen molar-refractivity contribution >= 4 is 5.69 Å². The number of rotatable bonds is 6. The zero-order valence-electron chi connectivity index (χ0n) is 16.8. The fourth-order valence-electron chi connectivity index (χ4n) is 4.73. The van der Waals surface area contributed by atoms with Gasteiger partial charge in [0.15, 0.2) is 0 Å². The van der Waals surface area contributed by atoms with Crippen molar-refractivity contribution in [2.24, 2.45) is 11.8 Å². The van der Waals surface area contributed by atoms with Gasteiger partial charge in [0.05, 0.1) is 0 Å². The Bertz CT molecular complexity index is 523. The van der Waals surface area contributed by atoms with Gasteiger partial charge in [0.25, 0.3) is 0 Å². The largest absolute Gasteiger partial charge is 0.369 e. The fraction of sp³-hybridized carbons (Fsp3) is 0.739. The predicted octanol–water partition coefficient (Wildman–Crippen LogP) is 5.42. The molecule has 2 fully saturated rings. The van der Waals surface area contributed by atoms with Crippen LogP contribution < -0.4 is 4.90 Å². The van der Waals surface area contributed by atoms with Crippen LogP contribution >= 0.6 is 0 Å². The third-order valence-electron chi connectivity index (χ3n) is 6.74. The first kappa shape index (κ1) is 18.8. The van der Waals surface area contributed by atoms with Crippen molar-refractivity contribution in [3.05, 3.63) is 29.3 Å². The van der Waals surface area contributed by atoms with Crippen molar-refractivity contribution in [2.45, 2.75) is 65.7 Å². The molecule has 140 valence electrons. The van der Waals surface area contributed by atoms with Gasteiger partial charge in [-0.05, 0) is 61.9 Å². The zero-order chi connectivity index (χ0) is 17.6. The predicted molar refractivity (Wildman–Crippen MR) is 110 cm³/mol. The number of anilines is 1. The minimum Gasteiger partial charge on any atom is -0.369 e. The molecule has 2 aliphatic rings. The van der Waals surface area contributed by atoms with E-state index in [1.54, 1.807) is 0 Å². The van der Waals surface area contributed by atoms with E-state index < -0.39 is 0 Å². The topological polar surface area (TPSA) is 6.48 Å². The normalized spacial score (nSPS) is 25.3. The van der Waals surface area contributed by atoms with E-state index in [-0.39, 0.29) is 0 Å². The molecular weight excluding hydrogens is 304 g/mol. The quantitative estimate of drug-likeness (QED) is 0.681. The molecule has 0 N–H and O–H groups in total. The molecule has 0 bridgehead atoms. The lowest BCUT2D eigenvalue weighted by Crippen LogP contribution is -2.47. The van der Waals surface area contributed by atoms with Crippen LogP contribution in [0.1, 0.15) is 63.0 Å². The van der Waals surface area contributed by atoms with Crippen LogP contribution in [0.25, 0.3) is 0 Å². The molecular formula is C23H38N2. The van der Waals surface area contributed by atoms with Crippen molar-refractivity contribution in [1.29, 1.82) is 0 Å². The van der Waals surface area contributed by atoms with Gasteiger partial charge in [-0.3, -0.25) is 4.90 Å². The Morgan fingerprint density at radius 1 is 0.840 bits per heavy atom. The number of hydrogen-bond donors (Lipinski definition) is 0. The highest BCUT2D eigenvalue weighted by atomic mass is 15.3. The molecule has 0 aromatic heterocycles. The van der Waals surface area contributed by atoms with Crippen molar-refractivity contribution in [1.82, 2.24) is 4.90 Å². The summed E-state index contributed by atoms with van der Waals surface area (Å²) in [4.78, 5) is 5.27. The van der Waals surface area contributed by atoms with Crippen LogP contribution in [0.5, 0.6) is 0 Å². The Hall–Kier alpha value is -1.02. The molecule has 0 amide bonds.